The first-order chi connectivity index (χ1) is 11.6. The summed E-state index contributed by atoms with van der Waals surface area (Å²) in [6, 6.07) is 15.7. The van der Waals surface area contributed by atoms with Crippen LogP contribution in [-0.4, -0.2) is 17.1 Å². The van der Waals surface area contributed by atoms with E-state index in [9.17, 15) is 9.90 Å². The van der Waals surface area contributed by atoms with Crippen LogP contribution in [0.5, 0.6) is 0 Å². The lowest BCUT2D eigenvalue weighted by Crippen LogP contribution is -2.28. The number of benzene rings is 2. The minimum Gasteiger partial charge on any atom is -0.388 e. The molecular formula is C20H20ClNO2. The molecule has 1 saturated carbocycles. The molecule has 0 bridgehead atoms. The predicted octanol–water partition coefficient (Wildman–Crippen LogP) is 3.61. The van der Waals surface area contributed by atoms with Gasteiger partial charge in [0.1, 0.15) is 0 Å². The first-order valence-corrected chi connectivity index (χ1v) is 8.82. The second kappa shape index (κ2) is 6.23. The molecule has 0 heterocycles. The van der Waals surface area contributed by atoms with E-state index in [1.54, 1.807) is 24.3 Å². The van der Waals surface area contributed by atoms with Gasteiger partial charge < -0.3 is 10.4 Å². The molecule has 2 aromatic rings. The van der Waals surface area contributed by atoms with Gasteiger partial charge in [-0.2, -0.15) is 0 Å². The second-order valence-electron chi connectivity index (χ2n) is 6.79. The van der Waals surface area contributed by atoms with Crippen LogP contribution in [0, 0.1) is 5.92 Å². The standard InChI is InChI=1S/C20H20ClNO2/c21-14-8-5-13(6-9-14)17(23)11-18(24)22-20-16-10-7-12-3-1-2-4-15(12)19(16)20/h1-6,8-9,16-17,19-20,23H,7,10-11H2,(H,22,24). The molecule has 4 unspecified atom stereocenters. The number of amides is 1. The molecule has 4 rings (SSSR count). The third-order valence-electron chi connectivity index (χ3n) is 5.29. The van der Waals surface area contributed by atoms with Crippen molar-refractivity contribution in [1.82, 2.24) is 5.32 Å². The van der Waals surface area contributed by atoms with Crippen molar-refractivity contribution in [3.05, 3.63) is 70.2 Å². The zero-order valence-electron chi connectivity index (χ0n) is 13.3. The molecule has 0 saturated heterocycles. The molecule has 4 atom stereocenters. The monoisotopic (exact) mass is 341 g/mol. The van der Waals surface area contributed by atoms with Crippen molar-refractivity contribution in [2.45, 2.75) is 37.3 Å². The third kappa shape index (κ3) is 2.94. The molecule has 2 aromatic carbocycles. The molecule has 2 aliphatic carbocycles. The van der Waals surface area contributed by atoms with Gasteiger partial charge in [0, 0.05) is 17.0 Å². The summed E-state index contributed by atoms with van der Waals surface area (Å²) in [5.74, 6) is 0.914. The van der Waals surface area contributed by atoms with Gasteiger partial charge in [-0.05, 0) is 47.6 Å². The Labute approximate surface area is 146 Å². The van der Waals surface area contributed by atoms with Crippen LogP contribution in [0.25, 0.3) is 0 Å². The lowest BCUT2D eigenvalue weighted by Gasteiger charge is -2.13. The average Bonchev–Trinajstić information content (AvgIpc) is 3.28. The number of halogens is 1. The molecule has 24 heavy (non-hydrogen) atoms. The van der Waals surface area contributed by atoms with Crippen molar-refractivity contribution in [2.75, 3.05) is 0 Å². The highest BCUT2D eigenvalue weighted by molar-refractivity contribution is 6.30. The highest BCUT2D eigenvalue weighted by atomic mass is 35.5. The Bertz CT molecular complexity index is 758. The van der Waals surface area contributed by atoms with Crippen LogP contribution < -0.4 is 5.32 Å². The lowest BCUT2D eigenvalue weighted by atomic mass is 9.92. The molecule has 3 nitrogen and oxygen atoms in total. The largest absolute Gasteiger partial charge is 0.388 e. The Morgan fingerprint density at radius 1 is 1.21 bits per heavy atom. The molecule has 0 radical (unpaired) electrons. The number of carbonyl (C=O) groups excluding carboxylic acids is 1. The molecule has 0 spiro atoms. The van der Waals surface area contributed by atoms with Crippen molar-refractivity contribution in [3.63, 3.8) is 0 Å². The molecule has 0 aromatic heterocycles. The van der Waals surface area contributed by atoms with E-state index in [0.717, 1.165) is 12.8 Å². The zero-order chi connectivity index (χ0) is 16.7. The highest BCUT2D eigenvalue weighted by Gasteiger charge is 2.53. The summed E-state index contributed by atoms with van der Waals surface area (Å²) in [6.45, 7) is 0. The average molecular weight is 342 g/mol. The Kier molecular flexibility index (Phi) is 4.07. The molecule has 0 aliphatic heterocycles. The van der Waals surface area contributed by atoms with Gasteiger partial charge in [0.2, 0.25) is 5.91 Å². The summed E-state index contributed by atoms with van der Waals surface area (Å²) in [7, 11) is 0. The summed E-state index contributed by atoms with van der Waals surface area (Å²) in [4.78, 5) is 12.3. The van der Waals surface area contributed by atoms with Crippen molar-refractivity contribution >= 4 is 17.5 Å². The van der Waals surface area contributed by atoms with Gasteiger partial charge in [0.05, 0.1) is 12.5 Å². The van der Waals surface area contributed by atoms with Crippen molar-refractivity contribution in [3.8, 4) is 0 Å². The fourth-order valence-electron chi connectivity index (χ4n) is 3.99. The van der Waals surface area contributed by atoms with Crippen molar-refractivity contribution in [2.24, 2.45) is 5.92 Å². The number of hydrogen-bond acceptors (Lipinski definition) is 2. The number of aryl methyl sites for hydroxylation is 1. The fraction of sp³-hybridized carbons (Fsp3) is 0.350. The number of aliphatic hydroxyl groups excluding tert-OH is 1. The quantitative estimate of drug-likeness (QED) is 0.892. The van der Waals surface area contributed by atoms with Gasteiger partial charge in [0.15, 0.2) is 0 Å². The van der Waals surface area contributed by atoms with E-state index >= 15 is 0 Å². The maximum absolute atomic E-state index is 12.3. The van der Waals surface area contributed by atoms with Crippen LogP contribution in [0.1, 0.15) is 41.6 Å². The van der Waals surface area contributed by atoms with Gasteiger partial charge in [-0.25, -0.2) is 0 Å². The fourth-order valence-corrected chi connectivity index (χ4v) is 4.11. The van der Waals surface area contributed by atoms with Gasteiger partial charge in [-0.3, -0.25) is 4.79 Å². The molecule has 2 N–H and O–H groups in total. The first-order valence-electron chi connectivity index (χ1n) is 8.44. The van der Waals surface area contributed by atoms with E-state index in [4.69, 9.17) is 11.6 Å². The van der Waals surface area contributed by atoms with E-state index in [1.807, 2.05) is 0 Å². The number of rotatable bonds is 4. The molecule has 1 amide bonds. The van der Waals surface area contributed by atoms with E-state index in [2.05, 4.69) is 29.6 Å². The summed E-state index contributed by atoms with van der Waals surface area (Å²) < 4.78 is 0. The molecule has 124 valence electrons. The number of nitrogens with one attached hydrogen (secondary N) is 1. The van der Waals surface area contributed by atoms with E-state index < -0.39 is 6.10 Å². The SMILES string of the molecule is O=C(CC(O)c1ccc(Cl)cc1)NC1C2CCc3ccccc3C21. The molecule has 1 fully saturated rings. The number of fused-ring (bicyclic) bond motifs is 3. The van der Waals surface area contributed by atoms with Gasteiger partial charge in [0.25, 0.3) is 0 Å². The summed E-state index contributed by atoms with van der Waals surface area (Å²) in [5.41, 5.74) is 3.52. The number of carbonyl (C=O) groups is 1. The van der Waals surface area contributed by atoms with Gasteiger partial charge in [-0.15, -0.1) is 0 Å². The van der Waals surface area contributed by atoms with Crippen LogP contribution >= 0.6 is 11.6 Å². The van der Waals surface area contributed by atoms with Crippen LogP contribution in [0.2, 0.25) is 5.02 Å². The maximum Gasteiger partial charge on any atom is 0.223 e. The third-order valence-corrected chi connectivity index (χ3v) is 5.54. The number of aliphatic hydroxyl groups is 1. The maximum atomic E-state index is 12.3. The minimum absolute atomic E-state index is 0.0826. The van der Waals surface area contributed by atoms with Crippen LogP contribution in [0.15, 0.2) is 48.5 Å². The highest BCUT2D eigenvalue weighted by Crippen LogP contribution is 2.54. The van der Waals surface area contributed by atoms with Gasteiger partial charge >= 0.3 is 0 Å². The van der Waals surface area contributed by atoms with Crippen LogP contribution in [-0.2, 0) is 11.2 Å². The van der Waals surface area contributed by atoms with Crippen molar-refractivity contribution < 1.29 is 9.90 Å². The summed E-state index contributed by atoms with van der Waals surface area (Å²) in [6.07, 6.45) is 1.51. The summed E-state index contributed by atoms with van der Waals surface area (Å²) >= 11 is 5.85. The minimum atomic E-state index is -0.796. The molecular weight excluding hydrogens is 322 g/mol. The molecule has 4 heteroatoms. The lowest BCUT2D eigenvalue weighted by molar-refractivity contribution is -0.123. The Hall–Kier alpha value is -1.84. The van der Waals surface area contributed by atoms with Crippen molar-refractivity contribution in [1.29, 1.82) is 0 Å². The smallest absolute Gasteiger partial charge is 0.223 e. The van der Waals surface area contributed by atoms with Crippen LogP contribution in [0.3, 0.4) is 0 Å². The Morgan fingerprint density at radius 2 is 1.96 bits per heavy atom. The number of hydrogen-bond donors (Lipinski definition) is 2. The second-order valence-corrected chi connectivity index (χ2v) is 7.23. The summed E-state index contributed by atoms with van der Waals surface area (Å²) in [5, 5.41) is 14.0. The van der Waals surface area contributed by atoms with Gasteiger partial charge in [-0.1, -0.05) is 48.0 Å². The Morgan fingerprint density at radius 3 is 2.75 bits per heavy atom. The van der Waals surface area contributed by atoms with E-state index in [1.165, 1.54) is 11.1 Å². The first kappa shape index (κ1) is 15.7. The van der Waals surface area contributed by atoms with E-state index in [-0.39, 0.29) is 18.4 Å². The normalized spacial score (nSPS) is 25.3. The van der Waals surface area contributed by atoms with Crippen LogP contribution in [0.4, 0.5) is 0 Å². The van der Waals surface area contributed by atoms with E-state index in [0.29, 0.717) is 22.4 Å². The topological polar surface area (TPSA) is 49.3 Å². The zero-order valence-corrected chi connectivity index (χ0v) is 14.0. The Balaban J connectivity index is 1.37. The molecule has 2 aliphatic rings. The predicted molar refractivity (Wildman–Crippen MR) is 94.0 cm³/mol.